The minimum Gasteiger partial charge on any atom is -0.438 e. The molecule has 1 aliphatic rings. The Labute approximate surface area is 125 Å². The number of carbonyl (C=O) groups excluding carboxylic acids is 1. The van der Waals surface area contributed by atoms with Gasteiger partial charge in [0.05, 0.1) is 11.7 Å². The minimum absolute atomic E-state index is 0.288. The molecule has 0 bridgehead atoms. The molecule has 0 aliphatic carbocycles. The van der Waals surface area contributed by atoms with Crippen LogP contribution in [0.5, 0.6) is 11.6 Å². The Morgan fingerprint density at radius 2 is 2.24 bits per heavy atom. The van der Waals surface area contributed by atoms with Crippen molar-refractivity contribution >= 4 is 23.2 Å². The van der Waals surface area contributed by atoms with E-state index in [1.807, 2.05) is 0 Å². The first kappa shape index (κ1) is 13.8. The molecule has 1 atom stereocenters. The molecule has 2 heterocycles. The van der Waals surface area contributed by atoms with E-state index in [1.165, 1.54) is 0 Å². The van der Waals surface area contributed by atoms with E-state index < -0.39 is 11.9 Å². The number of halogens is 1. The number of aromatic nitrogens is 1. The molecular formula is C14H12ClN3O3. The molecule has 0 fully saturated rings. The van der Waals surface area contributed by atoms with Crippen molar-refractivity contribution in [2.75, 3.05) is 5.06 Å². The first-order valence-electron chi connectivity index (χ1n) is 6.26. The van der Waals surface area contributed by atoms with Crippen molar-refractivity contribution in [3.05, 3.63) is 47.1 Å². The van der Waals surface area contributed by atoms with Crippen molar-refractivity contribution in [1.29, 1.82) is 0 Å². The first-order valence-corrected chi connectivity index (χ1v) is 6.64. The number of carbonyl (C=O) groups is 1. The molecule has 1 aromatic carbocycles. The second kappa shape index (κ2) is 5.33. The molecule has 0 radical (unpaired) electrons. The number of hydrogen-bond donors (Lipinski definition) is 2. The number of nitrogens with zero attached hydrogens (tertiary/aromatic N) is 2. The lowest BCUT2D eigenvalue weighted by Crippen LogP contribution is -2.47. The van der Waals surface area contributed by atoms with Gasteiger partial charge in [-0.25, -0.2) is 4.98 Å². The number of ether oxygens (including phenoxy) is 1. The highest BCUT2D eigenvalue weighted by Crippen LogP contribution is 2.32. The van der Waals surface area contributed by atoms with E-state index in [9.17, 15) is 10.0 Å². The van der Waals surface area contributed by atoms with Crippen LogP contribution in [-0.2, 0) is 11.2 Å². The van der Waals surface area contributed by atoms with Crippen LogP contribution in [0.1, 0.15) is 5.56 Å². The van der Waals surface area contributed by atoms with Crippen LogP contribution in [0.4, 0.5) is 5.69 Å². The predicted octanol–water partition coefficient (Wildman–Crippen LogP) is 2.13. The van der Waals surface area contributed by atoms with Crippen LogP contribution in [0.2, 0.25) is 5.02 Å². The minimum atomic E-state index is -0.767. The third-order valence-electron chi connectivity index (χ3n) is 3.18. The summed E-state index contributed by atoms with van der Waals surface area (Å²) in [6.45, 7) is 0. The molecule has 1 unspecified atom stereocenters. The zero-order valence-electron chi connectivity index (χ0n) is 10.9. The maximum Gasteiger partial charge on any atom is 0.267 e. The number of fused-ring (bicyclic) bond motifs is 1. The molecule has 1 amide bonds. The standard InChI is InChI=1S/C14H12ClN3O3/c15-10-2-1-5-17-13(10)21-9-3-4-12-8(6-9)7-11(16)14(19)18(12)20/h1-6,11,20H,7,16H2. The molecule has 108 valence electrons. The van der Waals surface area contributed by atoms with Gasteiger partial charge in [0, 0.05) is 6.20 Å². The molecule has 3 rings (SSSR count). The average molecular weight is 306 g/mol. The fourth-order valence-corrected chi connectivity index (χ4v) is 2.31. The monoisotopic (exact) mass is 305 g/mol. The summed E-state index contributed by atoms with van der Waals surface area (Å²) in [5, 5.41) is 10.7. The van der Waals surface area contributed by atoms with E-state index in [-0.39, 0.29) is 5.88 Å². The Balaban J connectivity index is 1.92. The summed E-state index contributed by atoms with van der Waals surface area (Å²) < 4.78 is 5.60. The zero-order chi connectivity index (χ0) is 15.0. The van der Waals surface area contributed by atoms with Gasteiger partial charge in [-0.3, -0.25) is 10.0 Å². The number of pyridine rings is 1. The predicted molar refractivity (Wildman–Crippen MR) is 76.7 cm³/mol. The van der Waals surface area contributed by atoms with Crippen LogP contribution >= 0.6 is 11.6 Å². The fraction of sp³-hybridized carbons (Fsp3) is 0.143. The summed E-state index contributed by atoms with van der Waals surface area (Å²) in [5.41, 5.74) is 6.81. The normalized spacial score (nSPS) is 17.6. The maximum absolute atomic E-state index is 11.6. The van der Waals surface area contributed by atoms with E-state index in [2.05, 4.69) is 4.98 Å². The number of rotatable bonds is 2. The molecular weight excluding hydrogens is 294 g/mol. The lowest BCUT2D eigenvalue weighted by molar-refractivity contribution is -0.125. The Hall–Kier alpha value is -2.15. The van der Waals surface area contributed by atoms with E-state index in [4.69, 9.17) is 22.1 Å². The Bertz CT molecular complexity index is 708. The van der Waals surface area contributed by atoms with Crippen molar-refractivity contribution in [2.45, 2.75) is 12.5 Å². The smallest absolute Gasteiger partial charge is 0.267 e. The van der Waals surface area contributed by atoms with Gasteiger partial charge in [0.1, 0.15) is 10.8 Å². The van der Waals surface area contributed by atoms with Crippen molar-refractivity contribution < 1.29 is 14.7 Å². The summed E-state index contributed by atoms with van der Waals surface area (Å²) >= 11 is 5.98. The highest BCUT2D eigenvalue weighted by atomic mass is 35.5. The van der Waals surface area contributed by atoms with Gasteiger partial charge in [-0.2, -0.15) is 5.06 Å². The third-order valence-corrected chi connectivity index (χ3v) is 3.47. The van der Waals surface area contributed by atoms with Gasteiger partial charge < -0.3 is 10.5 Å². The lowest BCUT2D eigenvalue weighted by Gasteiger charge is -2.27. The van der Waals surface area contributed by atoms with Crippen LogP contribution in [0.25, 0.3) is 0 Å². The van der Waals surface area contributed by atoms with Crippen molar-refractivity contribution in [3.63, 3.8) is 0 Å². The number of nitrogens with two attached hydrogens (primary N) is 1. The Morgan fingerprint density at radius 1 is 1.43 bits per heavy atom. The third kappa shape index (κ3) is 2.56. The summed E-state index contributed by atoms with van der Waals surface area (Å²) in [6.07, 6.45) is 1.90. The average Bonchev–Trinajstić information content (AvgIpc) is 2.47. The molecule has 1 aliphatic heterocycles. The maximum atomic E-state index is 11.6. The molecule has 21 heavy (non-hydrogen) atoms. The van der Waals surface area contributed by atoms with Gasteiger partial charge in [0.15, 0.2) is 0 Å². The molecule has 7 heteroatoms. The molecule has 0 saturated heterocycles. The molecule has 0 spiro atoms. The molecule has 1 aromatic heterocycles. The topological polar surface area (TPSA) is 88.7 Å². The number of benzene rings is 1. The molecule has 0 saturated carbocycles. The van der Waals surface area contributed by atoms with Crippen molar-refractivity contribution in [2.24, 2.45) is 5.73 Å². The van der Waals surface area contributed by atoms with Gasteiger partial charge in [-0.05, 0) is 42.3 Å². The van der Waals surface area contributed by atoms with E-state index in [0.717, 1.165) is 0 Å². The van der Waals surface area contributed by atoms with E-state index in [0.29, 0.717) is 33.5 Å². The number of anilines is 1. The van der Waals surface area contributed by atoms with Crippen molar-refractivity contribution in [3.8, 4) is 11.6 Å². The van der Waals surface area contributed by atoms with Gasteiger partial charge >= 0.3 is 0 Å². The first-order chi connectivity index (χ1) is 10.1. The van der Waals surface area contributed by atoms with Gasteiger partial charge in [-0.1, -0.05) is 11.6 Å². The quantitative estimate of drug-likeness (QED) is 0.830. The van der Waals surface area contributed by atoms with Crippen molar-refractivity contribution in [1.82, 2.24) is 4.98 Å². The highest BCUT2D eigenvalue weighted by Gasteiger charge is 2.29. The highest BCUT2D eigenvalue weighted by molar-refractivity contribution is 6.31. The molecule has 2 aromatic rings. The van der Waals surface area contributed by atoms with Crippen LogP contribution in [0, 0.1) is 0 Å². The lowest BCUT2D eigenvalue weighted by atomic mass is 9.99. The summed E-state index contributed by atoms with van der Waals surface area (Å²) in [7, 11) is 0. The Kier molecular flexibility index (Phi) is 3.50. The second-order valence-electron chi connectivity index (χ2n) is 4.64. The van der Waals surface area contributed by atoms with Crippen LogP contribution in [0.3, 0.4) is 0 Å². The number of hydrogen-bond acceptors (Lipinski definition) is 5. The second-order valence-corrected chi connectivity index (χ2v) is 5.05. The number of amides is 1. The summed E-state index contributed by atoms with van der Waals surface area (Å²) in [5.74, 6) is 0.268. The summed E-state index contributed by atoms with van der Waals surface area (Å²) in [6, 6.07) is 7.53. The molecule has 6 nitrogen and oxygen atoms in total. The van der Waals surface area contributed by atoms with Gasteiger partial charge in [-0.15, -0.1) is 0 Å². The summed E-state index contributed by atoms with van der Waals surface area (Å²) in [4.78, 5) is 15.6. The van der Waals surface area contributed by atoms with Gasteiger partial charge in [0.2, 0.25) is 5.88 Å². The Morgan fingerprint density at radius 3 is 3.00 bits per heavy atom. The van der Waals surface area contributed by atoms with E-state index >= 15 is 0 Å². The van der Waals surface area contributed by atoms with Crippen LogP contribution in [-0.4, -0.2) is 22.1 Å². The van der Waals surface area contributed by atoms with E-state index in [1.54, 1.807) is 36.5 Å². The van der Waals surface area contributed by atoms with Gasteiger partial charge in [0.25, 0.3) is 5.91 Å². The largest absolute Gasteiger partial charge is 0.438 e. The fourth-order valence-electron chi connectivity index (χ4n) is 2.15. The SMILES string of the molecule is NC1Cc2cc(Oc3ncccc3Cl)ccc2N(O)C1=O. The zero-order valence-corrected chi connectivity index (χ0v) is 11.6. The molecule has 3 N–H and O–H groups in total. The van der Waals surface area contributed by atoms with Crippen LogP contribution in [0.15, 0.2) is 36.5 Å². The van der Waals surface area contributed by atoms with Crippen LogP contribution < -0.4 is 15.5 Å². The number of hydroxylamine groups is 1.